The van der Waals surface area contributed by atoms with Crippen LogP contribution in [0.25, 0.3) is 0 Å². The lowest BCUT2D eigenvalue weighted by Crippen LogP contribution is -2.02. The summed E-state index contributed by atoms with van der Waals surface area (Å²) in [6, 6.07) is 0. The van der Waals surface area contributed by atoms with Gasteiger partial charge in [0.25, 0.3) is 0 Å². The maximum absolute atomic E-state index is 4.41. The molecule has 0 aliphatic carbocycles. The van der Waals surface area contributed by atoms with Crippen LogP contribution in [0.5, 0.6) is 0 Å². The molecule has 2 nitrogen and oxygen atoms in total. The number of aromatic nitrogens is 2. The predicted octanol–water partition coefficient (Wildman–Crippen LogP) is 3.94. The molecule has 0 radical (unpaired) electrons. The summed E-state index contributed by atoms with van der Waals surface area (Å²) in [6.07, 6.45) is 13.1. The molecule has 0 spiro atoms. The minimum absolute atomic E-state index is 0.621. The Morgan fingerprint density at radius 2 is 1.93 bits per heavy atom. The topological polar surface area (TPSA) is 25.8 Å². The molecule has 1 atom stereocenters. The number of nitrogens with zero attached hydrogens (tertiary/aromatic N) is 2. The van der Waals surface area contributed by atoms with Crippen LogP contribution < -0.4 is 0 Å². The van der Waals surface area contributed by atoms with Crippen LogP contribution in [0.15, 0.2) is 18.6 Å². The van der Waals surface area contributed by atoms with E-state index in [1.807, 2.05) is 6.20 Å². The van der Waals surface area contributed by atoms with E-state index in [4.69, 9.17) is 0 Å². The van der Waals surface area contributed by atoms with E-state index in [1.165, 1.54) is 44.2 Å². The molecular formula is C13H22N2. The minimum atomic E-state index is 0.621. The van der Waals surface area contributed by atoms with E-state index < -0.39 is 0 Å². The van der Waals surface area contributed by atoms with Crippen LogP contribution >= 0.6 is 0 Å². The van der Waals surface area contributed by atoms with Crippen molar-refractivity contribution >= 4 is 0 Å². The van der Waals surface area contributed by atoms with Gasteiger partial charge in [-0.25, -0.2) is 0 Å². The SMILES string of the molecule is CCCCCC(CCC)c1cnccn1. The second-order valence-corrected chi connectivity index (χ2v) is 4.11. The van der Waals surface area contributed by atoms with Gasteiger partial charge in [-0.1, -0.05) is 39.5 Å². The summed E-state index contributed by atoms with van der Waals surface area (Å²) in [5.74, 6) is 0.621. The van der Waals surface area contributed by atoms with Gasteiger partial charge in [0.05, 0.1) is 5.69 Å². The Balaban J connectivity index is 2.50. The summed E-state index contributed by atoms with van der Waals surface area (Å²) in [5.41, 5.74) is 1.18. The number of hydrogen-bond acceptors (Lipinski definition) is 2. The lowest BCUT2D eigenvalue weighted by atomic mass is 9.94. The zero-order valence-corrected chi connectivity index (χ0v) is 9.95. The van der Waals surface area contributed by atoms with Gasteiger partial charge in [-0.05, 0) is 12.8 Å². The Morgan fingerprint density at radius 1 is 1.07 bits per heavy atom. The van der Waals surface area contributed by atoms with Crippen LogP contribution in [-0.2, 0) is 0 Å². The molecule has 0 aliphatic heterocycles. The molecular weight excluding hydrogens is 184 g/mol. The molecule has 0 aliphatic rings. The van der Waals surface area contributed by atoms with Gasteiger partial charge in [0.2, 0.25) is 0 Å². The molecule has 1 aromatic heterocycles. The van der Waals surface area contributed by atoms with Crippen molar-refractivity contribution in [1.82, 2.24) is 9.97 Å². The van der Waals surface area contributed by atoms with Crippen molar-refractivity contribution in [3.63, 3.8) is 0 Å². The van der Waals surface area contributed by atoms with Gasteiger partial charge in [-0.2, -0.15) is 0 Å². The molecule has 0 saturated carbocycles. The lowest BCUT2D eigenvalue weighted by molar-refractivity contribution is 0.517. The lowest BCUT2D eigenvalue weighted by Gasteiger charge is -2.14. The Hall–Kier alpha value is -0.920. The zero-order chi connectivity index (χ0) is 10.9. The molecule has 0 N–H and O–H groups in total. The Bertz CT molecular complexity index is 246. The van der Waals surface area contributed by atoms with Gasteiger partial charge >= 0.3 is 0 Å². The van der Waals surface area contributed by atoms with E-state index >= 15 is 0 Å². The molecule has 1 unspecified atom stereocenters. The van der Waals surface area contributed by atoms with Gasteiger partial charge < -0.3 is 0 Å². The van der Waals surface area contributed by atoms with Crippen molar-refractivity contribution in [2.45, 2.75) is 58.3 Å². The number of rotatable bonds is 7. The average molecular weight is 206 g/mol. The molecule has 0 aromatic carbocycles. The van der Waals surface area contributed by atoms with E-state index in [0.29, 0.717) is 5.92 Å². The minimum Gasteiger partial charge on any atom is -0.261 e. The maximum Gasteiger partial charge on any atom is 0.0617 e. The van der Waals surface area contributed by atoms with E-state index in [2.05, 4.69) is 23.8 Å². The third-order valence-electron chi connectivity index (χ3n) is 2.79. The fraction of sp³-hybridized carbons (Fsp3) is 0.692. The third-order valence-corrected chi connectivity index (χ3v) is 2.79. The molecule has 0 bridgehead atoms. The van der Waals surface area contributed by atoms with E-state index in [0.717, 1.165) is 0 Å². The van der Waals surface area contributed by atoms with Gasteiger partial charge in [0.15, 0.2) is 0 Å². The molecule has 0 fully saturated rings. The van der Waals surface area contributed by atoms with E-state index in [-0.39, 0.29) is 0 Å². The van der Waals surface area contributed by atoms with Crippen molar-refractivity contribution in [1.29, 1.82) is 0 Å². The number of hydrogen-bond donors (Lipinski definition) is 0. The summed E-state index contributed by atoms with van der Waals surface area (Å²) in [5, 5.41) is 0. The monoisotopic (exact) mass is 206 g/mol. The highest BCUT2D eigenvalue weighted by Crippen LogP contribution is 2.24. The standard InChI is InChI=1S/C13H22N2/c1-3-5-6-8-12(7-4-2)13-11-14-9-10-15-13/h9-12H,3-8H2,1-2H3. The molecule has 1 aromatic rings. The zero-order valence-electron chi connectivity index (χ0n) is 9.95. The summed E-state index contributed by atoms with van der Waals surface area (Å²) >= 11 is 0. The molecule has 15 heavy (non-hydrogen) atoms. The molecule has 0 saturated heterocycles. The van der Waals surface area contributed by atoms with Crippen LogP contribution in [-0.4, -0.2) is 9.97 Å². The van der Waals surface area contributed by atoms with Crippen molar-refractivity contribution in [2.24, 2.45) is 0 Å². The normalized spacial score (nSPS) is 12.7. The van der Waals surface area contributed by atoms with Crippen molar-refractivity contribution in [3.05, 3.63) is 24.3 Å². The fourth-order valence-electron chi connectivity index (χ4n) is 1.95. The van der Waals surface area contributed by atoms with Crippen LogP contribution in [0.2, 0.25) is 0 Å². The van der Waals surface area contributed by atoms with Crippen molar-refractivity contribution in [3.8, 4) is 0 Å². The quantitative estimate of drug-likeness (QED) is 0.631. The second kappa shape index (κ2) is 7.38. The van der Waals surface area contributed by atoms with E-state index in [9.17, 15) is 0 Å². The van der Waals surface area contributed by atoms with Crippen molar-refractivity contribution in [2.75, 3.05) is 0 Å². The van der Waals surface area contributed by atoms with Crippen molar-refractivity contribution < 1.29 is 0 Å². The number of unbranched alkanes of at least 4 members (excludes halogenated alkanes) is 2. The largest absolute Gasteiger partial charge is 0.261 e. The highest BCUT2D eigenvalue weighted by atomic mass is 14.8. The molecule has 84 valence electrons. The molecule has 0 amide bonds. The first kappa shape index (κ1) is 12.2. The first-order valence-electron chi connectivity index (χ1n) is 6.14. The van der Waals surface area contributed by atoms with E-state index in [1.54, 1.807) is 12.4 Å². The third kappa shape index (κ3) is 4.41. The maximum atomic E-state index is 4.41. The van der Waals surface area contributed by atoms with Gasteiger partial charge in [0, 0.05) is 24.5 Å². The van der Waals surface area contributed by atoms with Crippen LogP contribution in [0.3, 0.4) is 0 Å². The summed E-state index contributed by atoms with van der Waals surface area (Å²) < 4.78 is 0. The highest BCUT2D eigenvalue weighted by Gasteiger charge is 2.11. The van der Waals surface area contributed by atoms with Crippen LogP contribution in [0.4, 0.5) is 0 Å². The summed E-state index contributed by atoms with van der Waals surface area (Å²) in [4.78, 5) is 8.57. The van der Waals surface area contributed by atoms with Crippen LogP contribution in [0, 0.1) is 0 Å². The van der Waals surface area contributed by atoms with Gasteiger partial charge in [0.1, 0.15) is 0 Å². The smallest absolute Gasteiger partial charge is 0.0617 e. The Kier molecular flexibility index (Phi) is 5.98. The van der Waals surface area contributed by atoms with Gasteiger partial charge in [-0.3, -0.25) is 9.97 Å². The fourth-order valence-corrected chi connectivity index (χ4v) is 1.95. The molecule has 2 heteroatoms. The highest BCUT2D eigenvalue weighted by molar-refractivity contribution is 5.02. The molecule has 1 heterocycles. The first-order chi connectivity index (χ1) is 7.38. The van der Waals surface area contributed by atoms with Crippen LogP contribution in [0.1, 0.15) is 64.0 Å². The van der Waals surface area contributed by atoms with Gasteiger partial charge in [-0.15, -0.1) is 0 Å². The molecule has 1 rings (SSSR count). The first-order valence-corrected chi connectivity index (χ1v) is 6.14. The Labute approximate surface area is 93.2 Å². The predicted molar refractivity (Wildman–Crippen MR) is 63.8 cm³/mol. The second-order valence-electron chi connectivity index (χ2n) is 4.11. The summed E-state index contributed by atoms with van der Waals surface area (Å²) in [7, 11) is 0. The Morgan fingerprint density at radius 3 is 2.53 bits per heavy atom. The summed E-state index contributed by atoms with van der Waals surface area (Å²) in [6.45, 7) is 4.49. The average Bonchev–Trinajstić information content (AvgIpc) is 2.29.